The standard InChI is InChI=1S/C14H17NOS/c1-11(15)12-4-6-13(7-5-12)16-9-8-14-3-2-10-17-14/h2-7,10-11H,8-9,15H2,1H3. The highest BCUT2D eigenvalue weighted by molar-refractivity contribution is 7.09. The van der Waals surface area contributed by atoms with Crippen LogP contribution >= 0.6 is 11.3 Å². The van der Waals surface area contributed by atoms with Gasteiger partial charge in [0.25, 0.3) is 0 Å². The molecule has 2 aromatic rings. The van der Waals surface area contributed by atoms with E-state index in [9.17, 15) is 0 Å². The molecule has 0 spiro atoms. The summed E-state index contributed by atoms with van der Waals surface area (Å²) in [5.74, 6) is 0.908. The van der Waals surface area contributed by atoms with Crippen LogP contribution in [0.1, 0.15) is 23.4 Å². The maximum Gasteiger partial charge on any atom is 0.119 e. The zero-order chi connectivity index (χ0) is 12.1. The molecule has 3 heteroatoms. The van der Waals surface area contributed by atoms with E-state index in [0.717, 1.165) is 24.3 Å². The van der Waals surface area contributed by atoms with Crippen LogP contribution in [0.5, 0.6) is 5.75 Å². The minimum absolute atomic E-state index is 0.0789. The molecule has 0 aliphatic heterocycles. The van der Waals surface area contributed by atoms with Gasteiger partial charge in [0, 0.05) is 17.3 Å². The summed E-state index contributed by atoms with van der Waals surface area (Å²) in [7, 11) is 0. The Kier molecular flexibility index (Phi) is 4.18. The monoisotopic (exact) mass is 247 g/mol. The van der Waals surface area contributed by atoms with Gasteiger partial charge in [-0.25, -0.2) is 0 Å². The van der Waals surface area contributed by atoms with Crippen molar-refractivity contribution in [3.63, 3.8) is 0 Å². The Morgan fingerprint density at radius 3 is 2.59 bits per heavy atom. The molecule has 2 N–H and O–H groups in total. The van der Waals surface area contributed by atoms with Crippen LogP contribution in [0.2, 0.25) is 0 Å². The van der Waals surface area contributed by atoms with Gasteiger partial charge >= 0.3 is 0 Å². The summed E-state index contributed by atoms with van der Waals surface area (Å²) in [6.07, 6.45) is 0.965. The lowest BCUT2D eigenvalue weighted by atomic mass is 10.1. The van der Waals surface area contributed by atoms with Gasteiger partial charge in [-0.05, 0) is 36.1 Å². The molecule has 90 valence electrons. The highest BCUT2D eigenvalue weighted by Gasteiger charge is 2.00. The summed E-state index contributed by atoms with van der Waals surface area (Å²) in [6, 6.07) is 12.3. The van der Waals surface area contributed by atoms with Crippen molar-refractivity contribution in [1.29, 1.82) is 0 Å². The van der Waals surface area contributed by atoms with Gasteiger partial charge in [-0.3, -0.25) is 0 Å². The number of ether oxygens (including phenoxy) is 1. The van der Waals surface area contributed by atoms with E-state index < -0.39 is 0 Å². The van der Waals surface area contributed by atoms with Crippen molar-refractivity contribution in [1.82, 2.24) is 0 Å². The average molecular weight is 247 g/mol. The number of thiophene rings is 1. The second-order valence-corrected chi connectivity index (χ2v) is 5.07. The largest absolute Gasteiger partial charge is 0.493 e. The summed E-state index contributed by atoms with van der Waals surface area (Å²) in [5.41, 5.74) is 6.92. The Bertz CT molecular complexity index is 434. The maximum absolute atomic E-state index is 5.79. The van der Waals surface area contributed by atoms with E-state index in [-0.39, 0.29) is 6.04 Å². The summed E-state index contributed by atoms with van der Waals surface area (Å²) in [6.45, 7) is 2.70. The van der Waals surface area contributed by atoms with E-state index in [1.165, 1.54) is 4.88 Å². The van der Waals surface area contributed by atoms with Gasteiger partial charge in [-0.15, -0.1) is 11.3 Å². The molecular weight excluding hydrogens is 230 g/mol. The third-order valence-corrected chi connectivity index (χ3v) is 3.54. The van der Waals surface area contributed by atoms with E-state index in [4.69, 9.17) is 10.5 Å². The number of rotatable bonds is 5. The van der Waals surface area contributed by atoms with Gasteiger partial charge in [-0.1, -0.05) is 18.2 Å². The van der Waals surface area contributed by atoms with E-state index in [0.29, 0.717) is 0 Å². The normalized spacial score (nSPS) is 12.4. The van der Waals surface area contributed by atoms with Crippen molar-refractivity contribution in [2.24, 2.45) is 5.73 Å². The Morgan fingerprint density at radius 1 is 1.24 bits per heavy atom. The second kappa shape index (κ2) is 5.84. The highest BCUT2D eigenvalue weighted by atomic mass is 32.1. The third-order valence-electron chi connectivity index (χ3n) is 2.60. The fourth-order valence-corrected chi connectivity index (χ4v) is 2.28. The first kappa shape index (κ1) is 12.1. The molecule has 0 radical (unpaired) electrons. The Labute approximate surface area is 106 Å². The predicted molar refractivity (Wildman–Crippen MR) is 72.6 cm³/mol. The van der Waals surface area contributed by atoms with Crippen LogP contribution in [0.25, 0.3) is 0 Å². The average Bonchev–Trinajstić information content (AvgIpc) is 2.83. The molecule has 2 nitrogen and oxygen atoms in total. The van der Waals surface area contributed by atoms with Gasteiger partial charge < -0.3 is 10.5 Å². The minimum Gasteiger partial charge on any atom is -0.493 e. The summed E-state index contributed by atoms with van der Waals surface area (Å²) < 4.78 is 5.68. The molecule has 0 fully saturated rings. The van der Waals surface area contributed by atoms with Gasteiger partial charge in [0.2, 0.25) is 0 Å². The third kappa shape index (κ3) is 3.58. The first-order valence-corrected chi connectivity index (χ1v) is 6.64. The van der Waals surface area contributed by atoms with Crippen molar-refractivity contribution in [3.05, 3.63) is 52.2 Å². The molecule has 0 saturated heterocycles. The second-order valence-electron chi connectivity index (χ2n) is 4.04. The number of hydrogen-bond donors (Lipinski definition) is 1. The molecular formula is C14H17NOS. The van der Waals surface area contributed by atoms with Crippen LogP contribution in [0.3, 0.4) is 0 Å². The van der Waals surface area contributed by atoms with Gasteiger partial charge in [0.1, 0.15) is 5.75 Å². The van der Waals surface area contributed by atoms with Gasteiger partial charge in [0.15, 0.2) is 0 Å². The van der Waals surface area contributed by atoms with Crippen molar-refractivity contribution in [2.45, 2.75) is 19.4 Å². The lowest BCUT2D eigenvalue weighted by Crippen LogP contribution is -2.05. The Morgan fingerprint density at radius 2 is 2.00 bits per heavy atom. The molecule has 1 aromatic heterocycles. The van der Waals surface area contributed by atoms with Crippen molar-refractivity contribution in [3.8, 4) is 5.75 Å². The van der Waals surface area contributed by atoms with Crippen molar-refractivity contribution >= 4 is 11.3 Å². The fourth-order valence-electron chi connectivity index (χ4n) is 1.59. The predicted octanol–water partition coefficient (Wildman–Crippen LogP) is 3.39. The first-order valence-electron chi connectivity index (χ1n) is 5.76. The van der Waals surface area contributed by atoms with Crippen LogP contribution in [0, 0.1) is 0 Å². The van der Waals surface area contributed by atoms with Crippen LogP contribution in [-0.4, -0.2) is 6.61 Å². The molecule has 0 amide bonds. The first-order chi connectivity index (χ1) is 8.25. The lowest BCUT2D eigenvalue weighted by molar-refractivity contribution is 0.323. The summed E-state index contributed by atoms with van der Waals surface area (Å²) in [5, 5.41) is 2.09. The molecule has 2 rings (SSSR count). The fraction of sp³-hybridized carbons (Fsp3) is 0.286. The van der Waals surface area contributed by atoms with E-state index in [2.05, 4.69) is 17.5 Å². The van der Waals surface area contributed by atoms with Crippen LogP contribution < -0.4 is 10.5 Å². The zero-order valence-corrected chi connectivity index (χ0v) is 10.7. The number of hydrogen-bond acceptors (Lipinski definition) is 3. The molecule has 0 aliphatic rings. The van der Waals surface area contributed by atoms with Crippen molar-refractivity contribution in [2.75, 3.05) is 6.61 Å². The number of nitrogens with two attached hydrogens (primary N) is 1. The highest BCUT2D eigenvalue weighted by Crippen LogP contribution is 2.16. The summed E-state index contributed by atoms with van der Waals surface area (Å²) in [4.78, 5) is 1.36. The molecule has 17 heavy (non-hydrogen) atoms. The topological polar surface area (TPSA) is 35.2 Å². The van der Waals surface area contributed by atoms with E-state index in [1.807, 2.05) is 31.2 Å². The lowest BCUT2D eigenvalue weighted by Gasteiger charge is -2.08. The maximum atomic E-state index is 5.79. The van der Waals surface area contributed by atoms with E-state index in [1.54, 1.807) is 11.3 Å². The van der Waals surface area contributed by atoms with Crippen LogP contribution in [0.4, 0.5) is 0 Å². The van der Waals surface area contributed by atoms with Gasteiger partial charge in [-0.2, -0.15) is 0 Å². The summed E-state index contributed by atoms with van der Waals surface area (Å²) >= 11 is 1.77. The molecule has 1 atom stereocenters. The zero-order valence-electron chi connectivity index (χ0n) is 9.93. The Balaban J connectivity index is 1.83. The molecule has 0 saturated carbocycles. The quantitative estimate of drug-likeness (QED) is 0.879. The molecule has 0 bridgehead atoms. The molecule has 1 unspecified atom stereocenters. The smallest absolute Gasteiger partial charge is 0.119 e. The van der Waals surface area contributed by atoms with Crippen LogP contribution in [0.15, 0.2) is 41.8 Å². The van der Waals surface area contributed by atoms with Gasteiger partial charge in [0.05, 0.1) is 6.61 Å². The SMILES string of the molecule is CC(N)c1ccc(OCCc2cccs2)cc1. The van der Waals surface area contributed by atoms with Crippen molar-refractivity contribution < 1.29 is 4.74 Å². The Hall–Kier alpha value is -1.32. The minimum atomic E-state index is 0.0789. The van der Waals surface area contributed by atoms with E-state index >= 15 is 0 Å². The molecule has 0 aliphatic carbocycles. The van der Waals surface area contributed by atoms with Crippen LogP contribution in [-0.2, 0) is 6.42 Å². The molecule has 1 heterocycles. The molecule has 1 aromatic carbocycles. The number of benzene rings is 1.